The summed E-state index contributed by atoms with van der Waals surface area (Å²) in [6, 6.07) is 0. The molecule has 0 unspecified atom stereocenters. The lowest BCUT2D eigenvalue weighted by Crippen LogP contribution is -2.06. The van der Waals surface area contributed by atoms with Gasteiger partial charge in [-0.3, -0.25) is 9.59 Å². The number of ether oxygens (including phenoxy) is 2. The zero-order chi connectivity index (χ0) is 16.5. The maximum atomic E-state index is 11.4. The van der Waals surface area contributed by atoms with E-state index in [1.54, 1.807) is 0 Å². The van der Waals surface area contributed by atoms with E-state index in [1.807, 2.05) is 0 Å². The molecule has 0 aromatic rings. The molecule has 0 saturated carbocycles. The van der Waals surface area contributed by atoms with Crippen LogP contribution in [-0.2, 0) is 19.1 Å². The summed E-state index contributed by atoms with van der Waals surface area (Å²) in [5, 5.41) is 0. The molecule has 22 heavy (non-hydrogen) atoms. The maximum Gasteiger partial charge on any atom is 0.305 e. The van der Waals surface area contributed by atoms with Gasteiger partial charge in [-0.1, -0.05) is 61.6 Å². The van der Waals surface area contributed by atoms with E-state index in [-0.39, 0.29) is 11.9 Å². The van der Waals surface area contributed by atoms with Crippen LogP contribution in [0.25, 0.3) is 0 Å². The van der Waals surface area contributed by atoms with Gasteiger partial charge in [0.1, 0.15) is 0 Å². The molecule has 4 nitrogen and oxygen atoms in total. The first-order valence-corrected chi connectivity index (χ1v) is 10.1. The smallest absolute Gasteiger partial charge is 0.305 e. The second-order valence-electron chi connectivity index (χ2n) is 5.46. The van der Waals surface area contributed by atoms with E-state index in [9.17, 15) is 9.59 Å². The van der Waals surface area contributed by atoms with Crippen LogP contribution in [-0.4, -0.2) is 29.6 Å². The molecule has 0 fully saturated rings. The topological polar surface area (TPSA) is 52.6 Å². The lowest BCUT2D eigenvalue weighted by atomic mass is 10.1. The highest BCUT2D eigenvalue weighted by Crippen LogP contribution is 2.09. The van der Waals surface area contributed by atoms with Crippen LogP contribution in [0.3, 0.4) is 0 Å². The molecule has 0 aromatic carbocycles. The summed E-state index contributed by atoms with van der Waals surface area (Å²) in [4.78, 5) is 22.7. The second-order valence-corrected chi connectivity index (χ2v) is 6.54. The van der Waals surface area contributed by atoms with Crippen molar-refractivity contribution in [3.8, 4) is 0 Å². The normalized spacial score (nSPS) is 10.5. The number of halogens is 1. The SMILES string of the molecule is CCCCOC(=O)CCCCCCCCC(=O)OCCCI. The minimum absolute atomic E-state index is 0.0669. The monoisotopic (exact) mass is 426 g/mol. The number of hydrogen-bond acceptors (Lipinski definition) is 4. The van der Waals surface area contributed by atoms with Crippen LogP contribution < -0.4 is 0 Å². The highest BCUT2D eigenvalue weighted by Gasteiger charge is 2.03. The summed E-state index contributed by atoms with van der Waals surface area (Å²) >= 11 is 2.28. The Morgan fingerprint density at radius 3 is 1.64 bits per heavy atom. The Labute approximate surface area is 148 Å². The third kappa shape index (κ3) is 16.0. The molecule has 0 aliphatic carbocycles. The second kappa shape index (κ2) is 17.0. The average molecular weight is 426 g/mol. The Kier molecular flexibility index (Phi) is 16.8. The molecule has 5 heteroatoms. The number of carbonyl (C=O) groups is 2. The molecule has 0 aliphatic rings. The van der Waals surface area contributed by atoms with E-state index in [4.69, 9.17) is 9.47 Å². The molecule has 0 aliphatic heterocycles. The zero-order valence-corrected chi connectivity index (χ0v) is 16.1. The highest BCUT2D eigenvalue weighted by atomic mass is 127. The summed E-state index contributed by atoms with van der Waals surface area (Å²) in [6.45, 7) is 3.19. The van der Waals surface area contributed by atoms with Crippen molar-refractivity contribution in [2.75, 3.05) is 17.6 Å². The third-order valence-corrected chi connectivity index (χ3v) is 4.08. The van der Waals surface area contributed by atoms with Crippen molar-refractivity contribution in [1.29, 1.82) is 0 Å². The fourth-order valence-electron chi connectivity index (χ4n) is 1.96. The van der Waals surface area contributed by atoms with Crippen molar-refractivity contribution in [3.05, 3.63) is 0 Å². The first kappa shape index (κ1) is 21.7. The fourth-order valence-corrected chi connectivity index (χ4v) is 2.27. The van der Waals surface area contributed by atoms with Crippen LogP contribution in [0.1, 0.15) is 77.6 Å². The first-order valence-electron chi connectivity index (χ1n) is 8.58. The molecule has 0 heterocycles. The molecular formula is C17H31IO4. The van der Waals surface area contributed by atoms with Gasteiger partial charge < -0.3 is 9.47 Å². The number of carbonyl (C=O) groups excluding carboxylic acids is 2. The van der Waals surface area contributed by atoms with Crippen LogP contribution in [0.2, 0.25) is 0 Å². The summed E-state index contributed by atoms with van der Waals surface area (Å²) in [7, 11) is 0. The van der Waals surface area contributed by atoms with E-state index in [0.717, 1.165) is 62.2 Å². The van der Waals surface area contributed by atoms with Gasteiger partial charge in [-0.15, -0.1) is 0 Å². The van der Waals surface area contributed by atoms with Crippen molar-refractivity contribution < 1.29 is 19.1 Å². The Morgan fingerprint density at radius 1 is 0.727 bits per heavy atom. The average Bonchev–Trinajstić information content (AvgIpc) is 2.50. The van der Waals surface area contributed by atoms with Gasteiger partial charge in [-0.05, 0) is 25.7 Å². The lowest BCUT2D eigenvalue weighted by Gasteiger charge is -2.05. The van der Waals surface area contributed by atoms with E-state index in [0.29, 0.717) is 26.1 Å². The van der Waals surface area contributed by atoms with Gasteiger partial charge in [0.25, 0.3) is 0 Å². The van der Waals surface area contributed by atoms with E-state index in [2.05, 4.69) is 29.5 Å². The van der Waals surface area contributed by atoms with Crippen LogP contribution in [0.5, 0.6) is 0 Å². The van der Waals surface area contributed by atoms with E-state index >= 15 is 0 Å². The molecule has 0 atom stereocenters. The number of hydrogen-bond donors (Lipinski definition) is 0. The highest BCUT2D eigenvalue weighted by molar-refractivity contribution is 14.1. The molecule has 0 saturated heterocycles. The summed E-state index contributed by atoms with van der Waals surface area (Å²) in [6.07, 6.45) is 10.2. The Hall–Kier alpha value is -0.330. The molecule has 0 aromatic heterocycles. The number of alkyl halides is 1. The van der Waals surface area contributed by atoms with Crippen LogP contribution >= 0.6 is 22.6 Å². The predicted octanol–water partition coefficient (Wildman–Crippen LogP) is 4.82. The van der Waals surface area contributed by atoms with Crippen LogP contribution in [0.4, 0.5) is 0 Å². The van der Waals surface area contributed by atoms with Gasteiger partial charge in [-0.2, -0.15) is 0 Å². The quantitative estimate of drug-likeness (QED) is 0.163. The van der Waals surface area contributed by atoms with Crippen molar-refractivity contribution in [1.82, 2.24) is 0 Å². The predicted molar refractivity (Wildman–Crippen MR) is 97.3 cm³/mol. The van der Waals surface area contributed by atoms with Crippen molar-refractivity contribution >= 4 is 34.5 Å². The van der Waals surface area contributed by atoms with Crippen molar-refractivity contribution in [2.24, 2.45) is 0 Å². The number of rotatable bonds is 15. The molecule has 0 N–H and O–H groups in total. The zero-order valence-electron chi connectivity index (χ0n) is 13.9. The largest absolute Gasteiger partial charge is 0.466 e. The molecule has 130 valence electrons. The molecule has 0 spiro atoms. The summed E-state index contributed by atoms with van der Waals surface area (Å²) < 4.78 is 11.2. The third-order valence-electron chi connectivity index (χ3n) is 3.31. The minimum Gasteiger partial charge on any atom is -0.466 e. The van der Waals surface area contributed by atoms with Gasteiger partial charge in [0.05, 0.1) is 13.2 Å². The van der Waals surface area contributed by atoms with Crippen LogP contribution in [0, 0.1) is 0 Å². The summed E-state index contributed by atoms with van der Waals surface area (Å²) in [5.41, 5.74) is 0. The van der Waals surface area contributed by atoms with Gasteiger partial charge in [0.2, 0.25) is 0 Å². The fraction of sp³-hybridized carbons (Fsp3) is 0.882. The molecule has 0 bridgehead atoms. The maximum absolute atomic E-state index is 11.4. The van der Waals surface area contributed by atoms with Gasteiger partial charge in [-0.25, -0.2) is 0 Å². The van der Waals surface area contributed by atoms with Crippen molar-refractivity contribution in [2.45, 2.75) is 77.6 Å². The van der Waals surface area contributed by atoms with Gasteiger partial charge >= 0.3 is 11.9 Å². The Bertz CT molecular complexity index is 254. The molecule has 0 radical (unpaired) electrons. The first-order chi connectivity index (χ1) is 10.7. The summed E-state index contributed by atoms with van der Waals surface area (Å²) in [5.74, 6) is -0.137. The molecule has 0 rings (SSSR count). The lowest BCUT2D eigenvalue weighted by molar-refractivity contribution is -0.144. The van der Waals surface area contributed by atoms with Crippen LogP contribution in [0.15, 0.2) is 0 Å². The number of esters is 2. The van der Waals surface area contributed by atoms with Gasteiger partial charge in [0, 0.05) is 17.3 Å². The minimum atomic E-state index is -0.0697. The Morgan fingerprint density at radius 2 is 1.18 bits per heavy atom. The Balaban J connectivity index is 3.23. The van der Waals surface area contributed by atoms with E-state index < -0.39 is 0 Å². The molecule has 0 amide bonds. The molecular weight excluding hydrogens is 395 g/mol. The van der Waals surface area contributed by atoms with E-state index in [1.165, 1.54) is 0 Å². The standard InChI is InChI=1S/C17H31IO4/c1-2-3-14-21-16(19)11-8-6-4-5-7-9-12-17(20)22-15-10-13-18/h2-15H2,1H3. The van der Waals surface area contributed by atoms with Gasteiger partial charge in [0.15, 0.2) is 0 Å². The van der Waals surface area contributed by atoms with Crippen molar-refractivity contribution in [3.63, 3.8) is 0 Å². The number of unbranched alkanes of at least 4 members (excludes halogenated alkanes) is 6.